The molecule has 0 amide bonds. The summed E-state index contributed by atoms with van der Waals surface area (Å²) in [6, 6.07) is 0. The normalized spacial score (nSPS) is 18.5. The summed E-state index contributed by atoms with van der Waals surface area (Å²) in [5.74, 6) is -0.731. The van der Waals surface area contributed by atoms with Crippen molar-refractivity contribution in [1.29, 1.82) is 0 Å². The van der Waals surface area contributed by atoms with E-state index in [2.05, 4.69) is 21.0 Å². The van der Waals surface area contributed by atoms with E-state index in [4.69, 9.17) is 0 Å². The van der Waals surface area contributed by atoms with Crippen molar-refractivity contribution < 1.29 is 9.90 Å². The zero-order chi connectivity index (χ0) is 11.1. The van der Waals surface area contributed by atoms with Crippen molar-refractivity contribution in [3.05, 3.63) is 16.4 Å². The Balaban J connectivity index is 2.43. The molecule has 4 nitrogen and oxygen atoms in total. The molecule has 0 spiro atoms. The molecule has 0 bridgehead atoms. The van der Waals surface area contributed by atoms with Crippen LogP contribution in [-0.4, -0.2) is 20.9 Å². The second-order valence-electron chi connectivity index (χ2n) is 3.91. The van der Waals surface area contributed by atoms with Crippen LogP contribution in [0.4, 0.5) is 0 Å². The Morgan fingerprint density at radius 2 is 2.40 bits per heavy atom. The molecule has 1 fully saturated rings. The van der Waals surface area contributed by atoms with Crippen molar-refractivity contribution in [3.8, 4) is 0 Å². The van der Waals surface area contributed by atoms with Crippen LogP contribution in [0.15, 0.2) is 10.8 Å². The van der Waals surface area contributed by atoms with Gasteiger partial charge >= 0.3 is 5.97 Å². The number of carbonyl (C=O) groups is 1. The molecule has 15 heavy (non-hydrogen) atoms. The number of carboxylic acids is 1. The van der Waals surface area contributed by atoms with Gasteiger partial charge < -0.3 is 5.11 Å². The Labute approximate surface area is 96.4 Å². The van der Waals surface area contributed by atoms with E-state index in [1.807, 2.05) is 6.92 Å². The van der Waals surface area contributed by atoms with E-state index in [-0.39, 0.29) is 0 Å². The molecule has 0 aromatic carbocycles. The van der Waals surface area contributed by atoms with E-state index in [1.54, 1.807) is 10.9 Å². The minimum atomic E-state index is -0.731. The monoisotopic (exact) mass is 272 g/mol. The summed E-state index contributed by atoms with van der Waals surface area (Å²) < 4.78 is 2.59. The quantitative estimate of drug-likeness (QED) is 0.918. The maximum Gasteiger partial charge on any atom is 0.314 e. The van der Waals surface area contributed by atoms with Crippen molar-refractivity contribution in [1.82, 2.24) is 9.78 Å². The highest BCUT2D eigenvalue weighted by Gasteiger charge is 2.48. The molecule has 0 radical (unpaired) electrons. The van der Waals surface area contributed by atoms with Gasteiger partial charge in [0.2, 0.25) is 0 Å². The molecular formula is C10H13BrN2O2. The van der Waals surface area contributed by atoms with Crippen LogP contribution >= 0.6 is 15.9 Å². The number of carboxylic acid groups (broad SMARTS) is 1. The highest BCUT2D eigenvalue weighted by atomic mass is 79.9. The van der Waals surface area contributed by atoms with Crippen LogP contribution in [-0.2, 0) is 16.8 Å². The topological polar surface area (TPSA) is 55.1 Å². The molecule has 1 aliphatic rings. The van der Waals surface area contributed by atoms with Crippen LogP contribution in [0.2, 0.25) is 0 Å². The number of aromatic nitrogens is 2. The first-order valence-corrected chi connectivity index (χ1v) is 5.86. The van der Waals surface area contributed by atoms with Gasteiger partial charge in [-0.05, 0) is 35.7 Å². The number of nitrogens with zero attached hydrogens (tertiary/aromatic N) is 2. The largest absolute Gasteiger partial charge is 0.481 e. The average Bonchev–Trinajstić information content (AvgIpc) is 2.46. The maximum absolute atomic E-state index is 11.3. The Bertz CT molecular complexity index is 396. The number of hydrogen-bond donors (Lipinski definition) is 1. The van der Waals surface area contributed by atoms with Crippen LogP contribution in [0.3, 0.4) is 0 Å². The first-order chi connectivity index (χ1) is 7.12. The van der Waals surface area contributed by atoms with E-state index in [0.717, 1.165) is 36.0 Å². The Kier molecular flexibility index (Phi) is 2.58. The fourth-order valence-electron chi connectivity index (χ4n) is 2.04. The summed E-state index contributed by atoms with van der Waals surface area (Å²) in [5.41, 5.74) is 0.134. The zero-order valence-corrected chi connectivity index (χ0v) is 10.1. The predicted molar refractivity (Wildman–Crippen MR) is 58.8 cm³/mol. The number of rotatable bonds is 3. The summed E-state index contributed by atoms with van der Waals surface area (Å²) in [6.45, 7) is 2.73. The lowest BCUT2D eigenvalue weighted by molar-refractivity contribution is -0.147. The predicted octanol–water partition coefficient (Wildman–Crippen LogP) is 2.17. The van der Waals surface area contributed by atoms with E-state index in [0.29, 0.717) is 0 Å². The van der Waals surface area contributed by atoms with Gasteiger partial charge in [0, 0.05) is 12.1 Å². The van der Waals surface area contributed by atoms with Crippen LogP contribution in [0.1, 0.15) is 31.7 Å². The second kappa shape index (κ2) is 3.63. The van der Waals surface area contributed by atoms with Gasteiger partial charge in [-0.2, -0.15) is 5.10 Å². The van der Waals surface area contributed by atoms with Gasteiger partial charge in [0.15, 0.2) is 0 Å². The minimum Gasteiger partial charge on any atom is -0.481 e. The van der Waals surface area contributed by atoms with Crippen LogP contribution < -0.4 is 0 Å². The van der Waals surface area contributed by atoms with Gasteiger partial charge in [0.05, 0.1) is 11.6 Å². The Morgan fingerprint density at radius 3 is 2.73 bits per heavy atom. The average molecular weight is 273 g/mol. The third-order valence-electron chi connectivity index (χ3n) is 3.21. The Morgan fingerprint density at radius 1 is 1.73 bits per heavy atom. The lowest BCUT2D eigenvalue weighted by atomic mass is 9.65. The SMILES string of the molecule is CCn1ncc(C2(C(=O)O)CCC2)c1Br. The number of halogens is 1. The van der Waals surface area contributed by atoms with Gasteiger partial charge in [-0.3, -0.25) is 9.48 Å². The summed E-state index contributed by atoms with van der Waals surface area (Å²) >= 11 is 3.43. The minimum absolute atomic E-state index is 0.688. The fourth-order valence-corrected chi connectivity index (χ4v) is 2.86. The third kappa shape index (κ3) is 1.40. The molecule has 0 aliphatic heterocycles. The lowest BCUT2D eigenvalue weighted by Crippen LogP contribution is -2.42. The van der Waals surface area contributed by atoms with Gasteiger partial charge in [-0.1, -0.05) is 6.42 Å². The summed E-state index contributed by atoms with van der Waals surface area (Å²) in [7, 11) is 0. The molecule has 82 valence electrons. The van der Waals surface area contributed by atoms with Gasteiger partial charge in [0.25, 0.3) is 0 Å². The van der Waals surface area contributed by atoms with Gasteiger partial charge in [0.1, 0.15) is 4.60 Å². The Hall–Kier alpha value is -0.840. The molecule has 5 heteroatoms. The molecule has 2 rings (SSSR count). The number of hydrogen-bond acceptors (Lipinski definition) is 2. The van der Waals surface area contributed by atoms with Crippen LogP contribution in [0.25, 0.3) is 0 Å². The molecule has 1 aliphatic carbocycles. The third-order valence-corrected chi connectivity index (χ3v) is 4.04. The smallest absolute Gasteiger partial charge is 0.314 e. The molecule has 1 N–H and O–H groups in total. The highest BCUT2D eigenvalue weighted by molar-refractivity contribution is 9.10. The van der Waals surface area contributed by atoms with Crippen molar-refractivity contribution >= 4 is 21.9 Å². The van der Waals surface area contributed by atoms with E-state index in [1.165, 1.54) is 0 Å². The summed E-state index contributed by atoms with van der Waals surface area (Å²) in [6.07, 6.45) is 4.10. The summed E-state index contributed by atoms with van der Waals surface area (Å²) in [5, 5.41) is 13.5. The first-order valence-electron chi connectivity index (χ1n) is 5.07. The maximum atomic E-state index is 11.3. The fraction of sp³-hybridized carbons (Fsp3) is 0.600. The van der Waals surface area contributed by atoms with Crippen molar-refractivity contribution in [2.24, 2.45) is 0 Å². The molecule has 1 saturated carbocycles. The molecule has 0 saturated heterocycles. The van der Waals surface area contributed by atoms with Gasteiger partial charge in [-0.15, -0.1) is 0 Å². The highest BCUT2D eigenvalue weighted by Crippen LogP contribution is 2.46. The molecule has 0 atom stereocenters. The zero-order valence-electron chi connectivity index (χ0n) is 8.53. The molecule has 1 aromatic rings. The van der Waals surface area contributed by atoms with E-state index in [9.17, 15) is 9.90 Å². The molecular weight excluding hydrogens is 260 g/mol. The van der Waals surface area contributed by atoms with Gasteiger partial charge in [-0.25, -0.2) is 0 Å². The van der Waals surface area contributed by atoms with E-state index < -0.39 is 11.4 Å². The van der Waals surface area contributed by atoms with E-state index >= 15 is 0 Å². The number of aliphatic carboxylic acids is 1. The number of aryl methyl sites for hydroxylation is 1. The second-order valence-corrected chi connectivity index (χ2v) is 4.66. The molecule has 1 heterocycles. The lowest BCUT2D eigenvalue weighted by Gasteiger charge is -2.37. The standard InChI is InChI=1S/C10H13BrN2O2/c1-2-13-8(11)7(6-12-13)10(9(14)15)4-3-5-10/h6H,2-5H2,1H3,(H,14,15). The first kappa shape index (κ1) is 10.7. The van der Waals surface area contributed by atoms with Crippen molar-refractivity contribution in [3.63, 3.8) is 0 Å². The van der Waals surface area contributed by atoms with Crippen LogP contribution in [0.5, 0.6) is 0 Å². The van der Waals surface area contributed by atoms with Crippen molar-refractivity contribution in [2.45, 2.75) is 38.1 Å². The molecule has 1 aromatic heterocycles. The van der Waals surface area contributed by atoms with Crippen molar-refractivity contribution in [2.75, 3.05) is 0 Å². The molecule has 0 unspecified atom stereocenters. The summed E-state index contributed by atoms with van der Waals surface area (Å²) in [4.78, 5) is 11.3. The van der Waals surface area contributed by atoms with Crippen LogP contribution in [0, 0.1) is 0 Å².